The molecule has 0 fully saturated rings. The lowest BCUT2D eigenvalue weighted by atomic mass is 10.2. The van der Waals surface area contributed by atoms with Gasteiger partial charge in [0, 0.05) is 0 Å². The first-order chi connectivity index (χ1) is 7.11. The predicted octanol–water partition coefficient (Wildman–Crippen LogP) is 3.35. The van der Waals surface area contributed by atoms with Crippen LogP contribution < -0.4 is 0 Å². The van der Waals surface area contributed by atoms with Crippen molar-refractivity contribution in [2.24, 2.45) is 0 Å². The highest BCUT2D eigenvalue weighted by atomic mass is 28.3. The van der Waals surface area contributed by atoms with Crippen LogP contribution in [0.4, 0.5) is 4.39 Å². The van der Waals surface area contributed by atoms with E-state index in [1.165, 1.54) is 12.1 Å². The Morgan fingerprint density at radius 2 is 1.93 bits per heavy atom. The normalized spacial score (nSPS) is 11.6. The quantitative estimate of drug-likeness (QED) is 0.431. The Morgan fingerprint density at radius 3 is 2.40 bits per heavy atom. The Balaban J connectivity index is 2.83. The minimum Gasteiger partial charge on any atom is -0.547 e. The van der Waals surface area contributed by atoms with Gasteiger partial charge >= 0.3 is 0 Å². The number of rotatable bonds is 4. The minimum absolute atomic E-state index is 0.230. The van der Waals surface area contributed by atoms with Crippen LogP contribution in [-0.2, 0) is 4.43 Å². The van der Waals surface area contributed by atoms with Gasteiger partial charge in [0.15, 0.2) is 0 Å². The molecule has 0 aliphatic rings. The molecule has 0 bridgehead atoms. The fourth-order valence-electron chi connectivity index (χ4n) is 1.14. The molecule has 0 aliphatic carbocycles. The summed E-state index contributed by atoms with van der Waals surface area (Å²) in [5, 5.41) is 0. The lowest BCUT2D eigenvalue weighted by molar-refractivity contribution is 0.466. The maximum Gasteiger partial charge on any atom is 0.229 e. The second-order valence-corrected chi connectivity index (χ2v) is 5.80. The van der Waals surface area contributed by atoms with Gasteiger partial charge in [-0.2, -0.15) is 0 Å². The Morgan fingerprint density at radius 1 is 1.33 bits per heavy atom. The largest absolute Gasteiger partial charge is 0.547 e. The van der Waals surface area contributed by atoms with E-state index >= 15 is 0 Å². The maximum atomic E-state index is 12.7. The molecule has 3 heteroatoms. The van der Waals surface area contributed by atoms with Crippen molar-refractivity contribution in [3.05, 3.63) is 54.1 Å². The van der Waals surface area contributed by atoms with Gasteiger partial charge in [-0.1, -0.05) is 18.7 Å². The number of halogens is 1. The molecule has 80 valence electrons. The fourth-order valence-corrected chi connectivity index (χ4v) is 1.85. The highest BCUT2D eigenvalue weighted by Gasteiger charge is 1.99. The van der Waals surface area contributed by atoms with Crippen LogP contribution >= 0.6 is 0 Å². The zero-order valence-corrected chi connectivity index (χ0v) is 10.2. The zero-order valence-electron chi connectivity index (χ0n) is 9.03. The lowest BCUT2D eigenvalue weighted by Crippen LogP contribution is -2.05. The first-order valence-corrected chi connectivity index (χ1v) is 7.66. The van der Waals surface area contributed by atoms with E-state index in [1.807, 2.05) is 6.08 Å². The minimum atomic E-state index is -1.11. The summed E-state index contributed by atoms with van der Waals surface area (Å²) in [5.41, 5.74) is 0.918. The summed E-state index contributed by atoms with van der Waals surface area (Å²) in [6.45, 7) is 7.85. The molecule has 1 aromatic carbocycles. The van der Waals surface area contributed by atoms with Crippen molar-refractivity contribution in [2.75, 3.05) is 0 Å². The second kappa shape index (κ2) is 5.51. The monoisotopic (exact) mass is 222 g/mol. The maximum absolute atomic E-state index is 12.7. The van der Waals surface area contributed by atoms with Crippen molar-refractivity contribution < 1.29 is 8.82 Å². The van der Waals surface area contributed by atoms with E-state index in [1.54, 1.807) is 18.2 Å². The van der Waals surface area contributed by atoms with Crippen LogP contribution in [-0.4, -0.2) is 9.04 Å². The Hall–Kier alpha value is -1.35. The Bertz CT molecular complexity index is 354. The van der Waals surface area contributed by atoms with Gasteiger partial charge in [-0.05, 0) is 42.9 Å². The molecule has 0 heterocycles. The third-order valence-electron chi connectivity index (χ3n) is 1.75. The van der Waals surface area contributed by atoms with Crippen LogP contribution in [0.5, 0.6) is 0 Å². The van der Waals surface area contributed by atoms with Gasteiger partial charge in [0.25, 0.3) is 0 Å². The highest BCUT2D eigenvalue weighted by molar-refractivity contribution is 6.48. The average molecular weight is 222 g/mol. The molecule has 1 rings (SSSR count). The van der Waals surface area contributed by atoms with E-state index in [0.717, 1.165) is 11.3 Å². The van der Waals surface area contributed by atoms with Crippen molar-refractivity contribution in [3.63, 3.8) is 0 Å². The number of hydrogen-bond donors (Lipinski definition) is 0. The molecule has 0 spiro atoms. The standard InChI is InChI=1S/C12H15FOSi/c1-4-12(14-15(2)3)9-10-5-7-11(13)8-6-10/h4-9,15H,1H2,2-3H3. The molecule has 0 unspecified atom stereocenters. The van der Waals surface area contributed by atoms with Crippen molar-refractivity contribution in [1.29, 1.82) is 0 Å². The number of hydrogen-bond acceptors (Lipinski definition) is 1. The van der Waals surface area contributed by atoms with Crippen molar-refractivity contribution >= 4 is 15.1 Å². The van der Waals surface area contributed by atoms with E-state index in [-0.39, 0.29) is 5.82 Å². The van der Waals surface area contributed by atoms with Crippen LogP contribution in [0.1, 0.15) is 5.56 Å². The third kappa shape index (κ3) is 4.12. The van der Waals surface area contributed by atoms with Crippen LogP contribution in [0.25, 0.3) is 6.08 Å². The highest BCUT2D eigenvalue weighted by Crippen LogP contribution is 2.10. The SMILES string of the molecule is C=CC(=Cc1ccc(F)cc1)O[SiH](C)C. The van der Waals surface area contributed by atoms with Crippen molar-refractivity contribution in [3.8, 4) is 0 Å². The van der Waals surface area contributed by atoms with Gasteiger partial charge in [0.2, 0.25) is 9.04 Å². The van der Waals surface area contributed by atoms with Crippen LogP contribution in [0, 0.1) is 5.82 Å². The summed E-state index contributed by atoms with van der Waals surface area (Å²) in [6, 6.07) is 6.28. The fraction of sp³-hybridized carbons (Fsp3) is 0.167. The molecule has 1 nitrogen and oxygen atoms in total. The van der Waals surface area contributed by atoms with Gasteiger partial charge < -0.3 is 4.43 Å². The van der Waals surface area contributed by atoms with Gasteiger partial charge in [0.05, 0.1) is 0 Å². The molecule has 0 atom stereocenters. The molecule has 0 aromatic heterocycles. The molecule has 15 heavy (non-hydrogen) atoms. The lowest BCUT2D eigenvalue weighted by Gasteiger charge is -2.09. The topological polar surface area (TPSA) is 9.23 Å². The molecule has 0 amide bonds. The van der Waals surface area contributed by atoms with Gasteiger partial charge in [-0.3, -0.25) is 0 Å². The molecule has 0 radical (unpaired) electrons. The molecule has 0 saturated heterocycles. The molecular weight excluding hydrogens is 207 g/mol. The summed E-state index contributed by atoms with van der Waals surface area (Å²) in [7, 11) is -1.11. The van der Waals surface area contributed by atoms with E-state index in [9.17, 15) is 4.39 Å². The smallest absolute Gasteiger partial charge is 0.229 e. The number of benzene rings is 1. The second-order valence-electron chi connectivity index (χ2n) is 3.47. The van der Waals surface area contributed by atoms with Gasteiger partial charge in [-0.15, -0.1) is 0 Å². The van der Waals surface area contributed by atoms with Crippen molar-refractivity contribution in [2.45, 2.75) is 13.1 Å². The summed E-state index contributed by atoms with van der Waals surface area (Å²) >= 11 is 0. The van der Waals surface area contributed by atoms with Crippen LogP contribution in [0.3, 0.4) is 0 Å². The summed E-state index contributed by atoms with van der Waals surface area (Å²) in [4.78, 5) is 0. The Labute approximate surface area is 91.6 Å². The third-order valence-corrected chi connectivity index (χ3v) is 2.50. The predicted molar refractivity (Wildman–Crippen MR) is 64.5 cm³/mol. The van der Waals surface area contributed by atoms with Gasteiger partial charge in [-0.25, -0.2) is 4.39 Å². The molecule has 0 saturated carbocycles. The van der Waals surface area contributed by atoms with E-state index in [4.69, 9.17) is 4.43 Å². The first-order valence-electron chi connectivity index (χ1n) is 4.88. The average Bonchev–Trinajstić information content (AvgIpc) is 2.19. The van der Waals surface area contributed by atoms with E-state index in [2.05, 4.69) is 19.7 Å². The molecular formula is C12H15FOSi. The van der Waals surface area contributed by atoms with Crippen LogP contribution in [0.15, 0.2) is 42.7 Å². The zero-order chi connectivity index (χ0) is 11.3. The summed E-state index contributed by atoms with van der Waals surface area (Å²) < 4.78 is 18.3. The number of allylic oxidation sites excluding steroid dienone is 1. The Kier molecular flexibility index (Phi) is 4.30. The summed E-state index contributed by atoms with van der Waals surface area (Å²) in [6.07, 6.45) is 3.54. The molecule has 0 aliphatic heterocycles. The van der Waals surface area contributed by atoms with Crippen molar-refractivity contribution in [1.82, 2.24) is 0 Å². The first kappa shape index (κ1) is 11.7. The van der Waals surface area contributed by atoms with E-state index < -0.39 is 9.04 Å². The molecule has 0 N–H and O–H groups in total. The van der Waals surface area contributed by atoms with Gasteiger partial charge in [0.1, 0.15) is 11.6 Å². The summed E-state index contributed by atoms with van der Waals surface area (Å²) in [5.74, 6) is 0.523. The van der Waals surface area contributed by atoms with Crippen LogP contribution in [0.2, 0.25) is 13.1 Å². The van der Waals surface area contributed by atoms with E-state index in [0.29, 0.717) is 0 Å². The molecule has 1 aromatic rings.